The molecule has 0 saturated heterocycles. The van der Waals surface area contributed by atoms with Gasteiger partial charge in [-0.15, -0.1) is 0 Å². The number of carboxylic acids is 1. The maximum atomic E-state index is 10.5. The molecular weight excluding hydrogens is 224 g/mol. The van der Waals surface area contributed by atoms with Crippen molar-refractivity contribution in [1.82, 2.24) is 9.55 Å². The van der Waals surface area contributed by atoms with Gasteiger partial charge < -0.3 is 9.67 Å². The Morgan fingerprint density at radius 1 is 1.56 bits per heavy atom. The second-order valence-corrected chi connectivity index (χ2v) is 5.95. The van der Waals surface area contributed by atoms with Crippen molar-refractivity contribution in [3.8, 4) is 0 Å². The zero-order chi connectivity index (χ0) is 12.3. The fraction of sp³-hybridized carbons (Fsp3) is 0.636. The van der Waals surface area contributed by atoms with Crippen LogP contribution in [-0.2, 0) is 11.3 Å². The minimum atomic E-state index is -0.812. The average molecular weight is 242 g/mol. The van der Waals surface area contributed by atoms with Crippen molar-refractivity contribution < 1.29 is 9.90 Å². The topological polar surface area (TPSA) is 55.1 Å². The molecular formula is C11H18N2O2S. The zero-order valence-electron chi connectivity index (χ0n) is 10.1. The maximum absolute atomic E-state index is 10.5. The van der Waals surface area contributed by atoms with Crippen molar-refractivity contribution in [2.75, 3.05) is 5.75 Å². The van der Waals surface area contributed by atoms with Gasteiger partial charge in [0, 0.05) is 18.4 Å². The van der Waals surface area contributed by atoms with Gasteiger partial charge in [0.15, 0.2) is 5.16 Å². The summed E-state index contributed by atoms with van der Waals surface area (Å²) in [5.74, 6) is -0.756. The lowest BCUT2D eigenvalue weighted by Gasteiger charge is -2.21. The van der Waals surface area contributed by atoms with Crippen LogP contribution in [-0.4, -0.2) is 26.4 Å². The van der Waals surface area contributed by atoms with Crippen LogP contribution >= 0.6 is 11.8 Å². The van der Waals surface area contributed by atoms with Gasteiger partial charge >= 0.3 is 5.97 Å². The molecule has 0 radical (unpaired) electrons. The number of imidazole rings is 1. The molecule has 1 aromatic heterocycles. The fourth-order valence-corrected chi connectivity index (χ4v) is 2.09. The predicted octanol–water partition coefficient (Wildman–Crippen LogP) is 2.41. The van der Waals surface area contributed by atoms with Crippen LogP contribution in [0.5, 0.6) is 0 Å². The molecule has 4 nitrogen and oxygen atoms in total. The van der Waals surface area contributed by atoms with E-state index in [0.717, 1.165) is 17.4 Å². The summed E-state index contributed by atoms with van der Waals surface area (Å²) in [6.07, 6.45) is 1.79. The summed E-state index contributed by atoms with van der Waals surface area (Å²) in [7, 11) is 0. The second-order valence-electron chi connectivity index (χ2n) is 5.01. The smallest absolute Gasteiger partial charge is 0.313 e. The van der Waals surface area contributed by atoms with E-state index in [-0.39, 0.29) is 11.2 Å². The number of aromatic nitrogens is 2. The Morgan fingerprint density at radius 2 is 2.19 bits per heavy atom. The number of hydrogen-bond acceptors (Lipinski definition) is 3. The molecule has 0 aromatic carbocycles. The lowest BCUT2D eigenvalue weighted by atomic mass is 9.97. The predicted molar refractivity (Wildman–Crippen MR) is 64.8 cm³/mol. The normalized spacial score (nSPS) is 11.8. The highest BCUT2D eigenvalue weighted by Gasteiger charge is 2.16. The zero-order valence-corrected chi connectivity index (χ0v) is 11.0. The lowest BCUT2D eigenvalue weighted by Crippen LogP contribution is -2.17. The molecule has 0 spiro atoms. The number of nitrogens with zero attached hydrogens (tertiary/aromatic N) is 2. The SMILES string of the molecule is Cc1cnc(SCC(=O)O)n1CC(C)(C)C. The molecule has 0 aliphatic carbocycles. The first-order chi connectivity index (χ1) is 7.29. The van der Waals surface area contributed by atoms with Gasteiger partial charge in [-0.25, -0.2) is 4.98 Å². The van der Waals surface area contributed by atoms with E-state index >= 15 is 0 Å². The minimum Gasteiger partial charge on any atom is -0.481 e. The standard InChI is InChI=1S/C11H18N2O2S/c1-8-5-12-10(16-6-9(14)15)13(8)7-11(2,3)4/h5H,6-7H2,1-4H3,(H,14,15). The van der Waals surface area contributed by atoms with Crippen LogP contribution in [0.1, 0.15) is 26.5 Å². The molecule has 0 amide bonds. The van der Waals surface area contributed by atoms with Crippen molar-refractivity contribution in [3.05, 3.63) is 11.9 Å². The molecule has 1 rings (SSSR count). The summed E-state index contributed by atoms with van der Waals surface area (Å²) in [5, 5.41) is 9.43. The molecule has 5 heteroatoms. The Balaban J connectivity index is 2.81. The molecule has 1 aromatic rings. The highest BCUT2D eigenvalue weighted by molar-refractivity contribution is 7.99. The van der Waals surface area contributed by atoms with Crippen molar-refractivity contribution in [3.63, 3.8) is 0 Å². The van der Waals surface area contributed by atoms with Crippen LogP contribution in [0.3, 0.4) is 0 Å². The Bertz CT molecular complexity index is 380. The highest BCUT2D eigenvalue weighted by Crippen LogP contribution is 2.24. The van der Waals surface area contributed by atoms with Gasteiger partial charge in [-0.05, 0) is 12.3 Å². The molecule has 90 valence electrons. The largest absolute Gasteiger partial charge is 0.481 e. The molecule has 0 fully saturated rings. The Labute approximate surface area is 100 Å². The van der Waals surface area contributed by atoms with Gasteiger partial charge in [-0.3, -0.25) is 4.79 Å². The van der Waals surface area contributed by atoms with Gasteiger partial charge in [-0.2, -0.15) is 0 Å². The van der Waals surface area contributed by atoms with E-state index in [2.05, 4.69) is 30.3 Å². The summed E-state index contributed by atoms with van der Waals surface area (Å²) in [5.41, 5.74) is 1.23. The van der Waals surface area contributed by atoms with E-state index in [1.165, 1.54) is 11.8 Å². The van der Waals surface area contributed by atoms with Crippen LogP contribution in [0.2, 0.25) is 0 Å². The van der Waals surface area contributed by atoms with E-state index in [4.69, 9.17) is 5.11 Å². The molecule has 1 heterocycles. The first kappa shape index (κ1) is 13.1. The summed E-state index contributed by atoms with van der Waals surface area (Å²) in [4.78, 5) is 14.8. The molecule has 1 N–H and O–H groups in total. The summed E-state index contributed by atoms with van der Waals surface area (Å²) < 4.78 is 2.08. The second kappa shape index (κ2) is 4.91. The van der Waals surface area contributed by atoms with E-state index in [1.54, 1.807) is 6.20 Å². The first-order valence-corrected chi connectivity index (χ1v) is 6.15. The molecule has 0 unspecified atom stereocenters. The molecule has 0 aliphatic heterocycles. The summed E-state index contributed by atoms with van der Waals surface area (Å²) in [6, 6.07) is 0. The van der Waals surface area contributed by atoms with Crippen molar-refractivity contribution in [2.45, 2.75) is 39.4 Å². The fourth-order valence-electron chi connectivity index (χ4n) is 1.35. The van der Waals surface area contributed by atoms with E-state index in [9.17, 15) is 4.79 Å². The quantitative estimate of drug-likeness (QED) is 0.824. The third kappa shape index (κ3) is 3.89. The van der Waals surface area contributed by atoms with Crippen molar-refractivity contribution >= 4 is 17.7 Å². The van der Waals surface area contributed by atoms with Crippen molar-refractivity contribution in [2.24, 2.45) is 5.41 Å². The van der Waals surface area contributed by atoms with Crippen LogP contribution < -0.4 is 0 Å². The van der Waals surface area contributed by atoms with Crippen LogP contribution in [0.4, 0.5) is 0 Å². The van der Waals surface area contributed by atoms with Crippen LogP contribution in [0, 0.1) is 12.3 Å². The van der Waals surface area contributed by atoms with Gasteiger partial charge in [0.1, 0.15) is 0 Å². The molecule has 0 atom stereocenters. The summed E-state index contributed by atoms with van der Waals surface area (Å²) in [6.45, 7) is 9.29. The van der Waals surface area contributed by atoms with Crippen molar-refractivity contribution in [1.29, 1.82) is 0 Å². The van der Waals surface area contributed by atoms with Crippen LogP contribution in [0.25, 0.3) is 0 Å². The molecule has 0 bridgehead atoms. The average Bonchev–Trinajstić information content (AvgIpc) is 2.43. The number of aliphatic carboxylic acids is 1. The minimum absolute atomic E-state index is 0.0561. The van der Waals surface area contributed by atoms with E-state index < -0.39 is 5.97 Å². The van der Waals surface area contributed by atoms with E-state index in [0.29, 0.717) is 0 Å². The lowest BCUT2D eigenvalue weighted by molar-refractivity contribution is -0.133. The Morgan fingerprint density at radius 3 is 2.69 bits per heavy atom. The van der Waals surface area contributed by atoms with Gasteiger partial charge in [0.2, 0.25) is 0 Å². The monoisotopic (exact) mass is 242 g/mol. The molecule has 0 aliphatic rings. The Kier molecular flexibility index (Phi) is 4.02. The van der Waals surface area contributed by atoms with Gasteiger partial charge in [0.05, 0.1) is 5.75 Å². The number of rotatable bonds is 4. The Hall–Kier alpha value is -0.970. The molecule has 0 saturated carbocycles. The maximum Gasteiger partial charge on any atom is 0.313 e. The third-order valence-corrected chi connectivity index (χ3v) is 2.95. The molecule has 16 heavy (non-hydrogen) atoms. The number of aryl methyl sites for hydroxylation is 1. The first-order valence-electron chi connectivity index (χ1n) is 5.16. The highest BCUT2D eigenvalue weighted by atomic mass is 32.2. The van der Waals surface area contributed by atoms with Crippen LogP contribution in [0.15, 0.2) is 11.4 Å². The third-order valence-electron chi connectivity index (χ3n) is 1.98. The summed E-state index contributed by atoms with van der Waals surface area (Å²) >= 11 is 1.27. The number of carboxylic acid groups (broad SMARTS) is 1. The van der Waals surface area contributed by atoms with E-state index in [1.807, 2.05) is 6.92 Å². The number of thioether (sulfide) groups is 1. The van der Waals surface area contributed by atoms with Gasteiger partial charge in [0.25, 0.3) is 0 Å². The van der Waals surface area contributed by atoms with Gasteiger partial charge in [-0.1, -0.05) is 32.5 Å². The number of hydrogen-bond donors (Lipinski definition) is 1. The number of carbonyl (C=O) groups is 1.